The Labute approximate surface area is 123 Å². The molecule has 0 aliphatic rings. The van der Waals surface area contributed by atoms with Gasteiger partial charge in [-0.25, -0.2) is 0 Å². The second-order valence-corrected chi connectivity index (χ2v) is 5.50. The van der Waals surface area contributed by atoms with Gasteiger partial charge in [-0.2, -0.15) is 0 Å². The normalized spacial score (nSPS) is 14.3. The van der Waals surface area contributed by atoms with Crippen LogP contribution < -0.4 is 0 Å². The molecule has 3 nitrogen and oxygen atoms in total. The molecule has 0 spiro atoms. The average Bonchev–Trinajstić information content (AvgIpc) is 2.81. The van der Waals surface area contributed by atoms with Gasteiger partial charge in [-0.05, 0) is 11.5 Å². The van der Waals surface area contributed by atoms with Crippen LogP contribution in [0.4, 0.5) is 0 Å². The lowest BCUT2D eigenvalue weighted by Gasteiger charge is -2.22. The summed E-state index contributed by atoms with van der Waals surface area (Å²) in [5.41, 5.74) is 1.31. The Morgan fingerprint density at radius 3 is 2.42 bits per heavy atom. The lowest BCUT2D eigenvalue weighted by molar-refractivity contribution is 0.467. The number of nitrogens with zero attached hydrogens (tertiary/aromatic N) is 3. The van der Waals surface area contributed by atoms with Crippen LogP contribution >= 0.6 is 15.9 Å². The SMILES string of the molecule is CCC(C)C(c1ccccc1)c1nnc(CBr)n1C. The van der Waals surface area contributed by atoms with Crippen molar-refractivity contribution in [2.45, 2.75) is 31.5 Å². The third-order valence-corrected chi connectivity index (χ3v) is 4.27. The van der Waals surface area contributed by atoms with E-state index in [2.05, 4.69) is 74.9 Å². The van der Waals surface area contributed by atoms with Crippen LogP contribution in [0.15, 0.2) is 30.3 Å². The molecule has 0 radical (unpaired) electrons. The van der Waals surface area contributed by atoms with Crippen molar-refractivity contribution in [3.63, 3.8) is 0 Å². The quantitative estimate of drug-likeness (QED) is 0.782. The fourth-order valence-corrected chi connectivity index (χ4v) is 2.88. The Balaban J connectivity index is 2.46. The Hall–Kier alpha value is -1.16. The van der Waals surface area contributed by atoms with Crippen molar-refractivity contribution < 1.29 is 0 Å². The Bertz CT molecular complexity index is 521. The standard InChI is InChI=1S/C15H20BrN3/c1-4-11(2)14(12-8-6-5-7-9-12)15-18-17-13(10-16)19(15)3/h5-9,11,14H,4,10H2,1-3H3. The summed E-state index contributed by atoms with van der Waals surface area (Å²) in [7, 11) is 2.05. The smallest absolute Gasteiger partial charge is 0.143 e. The summed E-state index contributed by atoms with van der Waals surface area (Å²) in [5.74, 6) is 2.86. The zero-order valence-corrected chi connectivity index (χ0v) is 13.3. The molecule has 2 unspecified atom stereocenters. The second-order valence-electron chi connectivity index (χ2n) is 4.94. The molecule has 102 valence electrons. The van der Waals surface area contributed by atoms with Gasteiger partial charge in [-0.15, -0.1) is 10.2 Å². The predicted octanol–water partition coefficient (Wildman–Crippen LogP) is 3.89. The number of alkyl halides is 1. The largest absolute Gasteiger partial charge is 0.317 e. The van der Waals surface area contributed by atoms with Crippen molar-refractivity contribution in [1.82, 2.24) is 14.8 Å². The molecule has 0 aliphatic carbocycles. The Kier molecular flexibility index (Phi) is 4.75. The van der Waals surface area contributed by atoms with E-state index in [1.807, 2.05) is 7.05 Å². The van der Waals surface area contributed by atoms with E-state index in [0.29, 0.717) is 11.8 Å². The van der Waals surface area contributed by atoms with Crippen molar-refractivity contribution in [3.8, 4) is 0 Å². The lowest BCUT2D eigenvalue weighted by Crippen LogP contribution is -2.16. The number of halogens is 1. The topological polar surface area (TPSA) is 30.7 Å². The zero-order valence-electron chi connectivity index (χ0n) is 11.7. The fraction of sp³-hybridized carbons (Fsp3) is 0.467. The highest BCUT2D eigenvalue weighted by Crippen LogP contribution is 2.32. The number of benzene rings is 1. The summed E-state index contributed by atoms with van der Waals surface area (Å²) in [6.45, 7) is 4.50. The highest BCUT2D eigenvalue weighted by molar-refractivity contribution is 9.08. The van der Waals surface area contributed by atoms with Gasteiger partial charge in [-0.1, -0.05) is 66.5 Å². The first-order chi connectivity index (χ1) is 9.19. The number of rotatable bonds is 5. The molecule has 0 saturated carbocycles. The minimum absolute atomic E-state index is 0.302. The van der Waals surface area contributed by atoms with E-state index in [9.17, 15) is 0 Å². The number of hydrogen-bond donors (Lipinski definition) is 0. The van der Waals surface area contributed by atoms with E-state index >= 15 is 0 Å². The van der Waals surface area contributed by atoms with Gasteiger partial charge < -0.3 is 4.57 Å². The average molecular weight is 322 g/mol. The van der Waals surface area contributed by atoms with Gasteiger partial charge in [0.2, 0.25) is 0 Å². The molecule has 1 aromatic heterocycles. The van der Waals surface area contributed by atoms with Gasteiger partial charge in [0.25, 0.3) is 0 Å². The molecule has 0 bridgehead atoms. The maximum Gasteiger partial charge on any atom is 0.143 e. The van der Waals surface area contributed by atoms with Crippen molar-refractivity contribution in [3.05, 3.63) is 47.5 Å². The molecule has 2 atom stereocenters. The van der Waals surface area contributed by atoms with Gasteiger partial charge in [0.15, 0.2) is 0 Å². The minimum atomic E-state index is 0.302. The van der Waals surface area contributed by atoms with Crippen LogP contribution in [0.3, 0.4) is 0 Å². The molecule has 0 saturated heterocycles. The summed E-state index contributed by atoms with van der Waals surface area (Å²) in [5, 5.41) is 9.41. The summed E-state index contributed by atoms with van der Waals surface area (Å²) < 4.78 is 2.11. The summed E-state index contributed by atoms with van der Waals surface area (Å²) >= 11 is 3.46. The maximum absolute atomic E-state index is 4.42. The van der Waals surface area contributed by atoms with Crippen molar-refractivity contribution >= 4 is 15.9 Å². The van der Waals surface area contributed by atoms with Crippen molar-refractivity contribution in [2.75, 3.05) is 0 Å². The van der Waals surface area contributed by atoms with Crippen LogP contribution in [0.25, 0.3) is 0 Å². The third-order valence-electron chi connectivity index (χ3n) is 3.77. The van der Waals surface area contributed by atoms with E-state index < -0.39 is 0 Å². The van der Waals surface area contributed by atoms with Gasteiger partial charge in [0.05, 0.1) is 5.33 Å². The van der Waals surface area contributed by atoms with Gasteiger partial charge in [0.1, 0.15) is 11.6 Å². The minimum Gasteiger partial charge on any atom is -0.317 e. The van der Waals surface area contributed by atoms with E-state index in [4.69, 9.17) is 0 Å². The third kappa shape index (κ3) is 2.89. The van der Waals surface area contributed by atoms with Crippen LogP contribution in [-0.2, 0) is 12.4 Å². The first kappa shape index (κ1) is 14.3. The molecule has 0 amide bonds. The molecule has 19 heavy (non-hydrogen) atoms. The monoisotopic (exact) mass is 321 g/mol. The highest BCUT2D eigenvalue weighted by Gasteiger charge is 2.25. The van der Waals surface area contributed by atoms with E-state index in [-0.39, 0.29) is 0 Å². The Morgan fingerprint density at radius 2 is 1.89 bits per heavy atom. The van der Waals surface area contributed by atoms with Crippen LogP contribution in [0.5, 0.6) is 0 Å². The van der Waals surface area contributed by atoms with Crippen LogP contribution in [0.2, 0.25) is 0 Å². The molecular formula is C15H20BrN3. The van der Waals surface area contributed by atoms with Crippen molar-refractivity contribution in [2.24, 2.45) is 13.0 Å². The van der Waals surface area contributed by atoms with Crippen LogP contribution in [-0.4, -0.2) is 14.8 Å². The summed E-state index contributed by atoms with van der Waals surface area (Å²) in [4.78, 5) is 0. The predicted molar refractivity (Wildman–Crippen MR) is 81.4 cm³/mol. The second kappa shape index (κ2) is 6.33. The van der Waals surface area contributed by atoms with Crippen LogP contribution in [0, 0.1) is 5.92 Å². The van der Waals surface area contributed by atoms with E-state index in [1.165, 1.54) is 5.56 Å². The molecule has 2 aromatic rings. The highest BCUT2D eigenvalue weighted by atomic mass is 79.9. The maximum atomic E-state index is 4.42. The lowest BCUT2D eigenvalue weighted by atomic mass is 9.85. The number of aromatic nitrogens is 3. The molecule has 0 N–H and O–H groups in total. The van der Waals surface area contributed by atoms with Crippen molar-refractivity contribution in [1.29, 1.82) is 0 Å². The first-order valence-corrected chi connectivity index (χ1v) is 7.80. The van der Waals surface area contributed by atoms with Gasteiger partial charge in [-0.3, -0.25) is 0 Å². The molecule has 1 aromatic carbocycles. The number of hydrogen-bond acceptors (Lipinski definition) is 2. The molecule has 1 heterocycles. The molecule has 4 heteroatoms. The zero-order chi connectivity index (χ0) is 13.8. The van der Waals surface area contributed by atoms with E-state index in [0.717, 1.165) is 23.4 Å². The molecular weight excluding hydrogens is 302 g/mol. The first-order valence-electron chi connectivity index (χ1n) is 6.68. The van der Waals surface area contributed by atoms with Gasteiger partial charge >= 0.3 is 0 Å². The molecule has 0 aliphatic heterocycles. The van der Waals surface area contributed by atoms with E-state index in [1.54, 1.807) is 0 Å². The molecule has 0 fully saturated rings. The molecule has 2 rings (SSSR count). The summed E-state index contributed by atoms with van der Waals surface area (Å²) in [6, 6.07) is 10.6. The van der Waals surface area contributed by atoms with Gasteiger partial charge in [0, 0.05) is 13.0 Å². The Morgan fingerprint density at radius 1 is 1.21 bits per heavy atom. The fourth-order valence-electron chi connectivity index (χ4n) is 2.39. The summed E-state index contributed by atoms with van der Waals surface area (Å²) in [6.07, 6.45) is 1.12. The van der Waals surface area contributed by atoms with Crippen LogP contribution in [0.1, 0.15) is 43.4 Å².